The van der Waals surface area contributed by atoms with Crippen LogP contribution in [0.4, 0.5) is 0 Å². The van der Waals surface area contributed by atoms with Crippen molar-refractivity contribution in [3.63, 3.8) is 0 Å². The van der Waals surface area contributed by atoms with Crippen LogP contribution in [0, 0.1) is 3.57 Å². The van der Waals surface area contributed by atoms with E-state index in [0.717, 1.165) is 40.3 Å². The maximum Gasteiger partial charge on any atom is 0.260 e. The number of hydrogen-bond acceptors (Lipinski definition) is 4. The van der Waals surface area contributed by atoms with Crippen LogP contribution < -0.4 is 4.74 Å². The van der Waals surface area contributed by atoms with Gasteiger partial charge in [-0.05, 0) is 59.7 Å². The molecular formula is C16H17IN2O2S. The van der Waals surface area contributed by atoms with E-state index in [1.165, 1.54) is 0 Å². The van der Waals surface area contributed by atoms with Crippen LogP contribution in [-0.4, -0.2) is 35.5 Å². The molecule has 1 saturated heterocycles. The topological polar surface area (TPSA) is 42.4 Å². The van der Waals surface area contributed by atoms with Crippen molar-refractivity contribution in [3.8, 4) is 5.75 Å². The quantitative estimate of drug-likeness (QED) is 0.700. The monoisotopic (exact) mass is 428 g/mol. The Kier molecular flexibility index (Phi) is 5.30. The van der Waals surface area contributed by atoms with Crippen molar-refractivity contribution in [2.45, 2.75) is 18.8 Å². The van der Waals surface area contributed by atoms with Gasteiger partial charge >= 0.3 is 0 Å². The number of amides is 1. The van der Waals surface area contributed by atoms with Gasteiger partial charge in [0, 0.05) is 34.2 Å². The Bertz CT molecular complexity index is 616. The van der Waals surface area contributed by atoms with Gasteiger partial charge < -0.3 is 9.64 Å². The second kappa shape index (κ2) is 7.41. The zero-order chi connectivity index (χ0) is 15.4. The number of aromatic nitrogens is 1. The summed E-state index contributed by atoms with van der Waals surface area (Å²) in [4.78, 5) is 18.6. The molecule has 0 saturated carbocycles. The molecule has 116 valence electrons. The van der Waals surface area contributed by atoms with Crippen LogP contribution in [0.5, 0.6) is 5.75 Å². The highest BCUT2D eigenvalue weighted by Gasteiger charge is 2.26. The van der Waals surface area contributed by atoms with Gasteiger partial charge in [-0.25, -0.2) is 4.98 Å². The Labute approximate surface area is 147 Å². The SMILES string of the molecule is O=C(COc1ccc(I)cc1)N1CCCC(c2nccs2)C1. The number of rotatable bonds is 4. The summed E-state index contributed by atoms with van der Waals surface area (Å²) in [7, 11) is 0. The molecule has 1 aliphatic heterocycles. The van der Waals surface area contributed by atoms with E-state index in [2.05, 4.69) is 27.6 Å². The van der Waals surface area contributed by atoms with Gasteiger partial charge in [0.25, 0.3) is 5.91 Å². The third-order valence-corrected chi connectivity index (χ3v) is 5.41. The largest absolute Gasteiger partial charge is 0.484 e. The van der Waals surface area contributed by atoms with E-state index in [4.69, 9.17) is 4.74 Å². The fraction of sp³-hybridized carbons (Fsp3) is 0.375. The fourth-order valence-corrected chi connectivity index (χ4v) is 3.74. The molecule has 1 fully saturated rings. The Balaban J connectivity index is 1.54. The molecule has 1 aliphatic rings. The van der Waals surface area contributed by atoms with Crippen LogP contribution in [0.1, 0.15) is 23.8 Å². The van der Waals surface area contributed by atoms with E-state index in [0.29, 0.717) is 5.92 Å². The van der Waals surface area contributed by atoms with Gasteiger partial charge in [0.1, 0.15) is 5.75 Å². The van der Waals surface area contributed by atoms with Gasteiger partial charge in [0.05, 0.1) is 5.01 Å². The van der Waals surface area contributed by atoms with Crippen molar-refractivity contribution < 1.29 is 9.53 Å². The third kappa shape index (κ3) is 3.98. The highest BCUT2D eigenvalue weighted by atomic mass is 127. The zero-order valence-corrected chi connectivity index (χ0v) is 15.0. The molecule has 3 rings (SSSR count). The first-order valence-corrected chi connectivity index (χ1v) is 9.24. The number of piperidine rings is 1. The summed E-state index contributed by atoms with van der Waals surface area (Å²) in [6.07, 6.45) is 3.97. The summed E-state index contributed by atoms with van der Waals surface area (Å²) in [5.74, 6) is 1.16. The minimum absolute atomic E-state index is 0.0554. The molecule has 2 aromatic rings. The van der Waals surface area contributed by atoms with E-state index in [9.17, 15) is 4.79 Å². The van der Waals surface area contributed by atoms with Gasteiger partial charge in [0.2, 0.25) is 0 Å². The number of thiazole rings is 1. The number of halogens is 1. The van der Waals surface area contributed by atoms with Crippen molar-refractivity contribution in [1.82, 2.24) is 9.88 Å². The van der Waals surface area contributed by atoms with Crippen LogP contribution in [-0.2, 0) is 4.79 Å². The summed E-state index contributed by atoms with van der Waals surface area (Å²) in [5.41, 5.74) is 0. The fourth-order valence-electron chi connectivity index (χ4n) is 2.61. The molecule has 4 nitrogen and oxygen atoms in total. The second-order valence-electron chi connectivity index (χ2n) is 5.29. The number of likely N-dealkylation sites (tertiary alicyclic amines) is 1. The van der Waals surface area contributed by atoms with E-state index in [1.807, 2.05) is 40.7 Å². The number of benzene rings is 1. The molecule has 1 atom stereocenters. The molecule has 0 radical (unpaired) electrons. The minimum Gasteiger partial charge on any atom is -0.484 e. The van der Waals surface area contributed by atoms with Crippen molar-refractivity contribution >= 4 is 39.8 Å². The van der Waals surface area contributed by atoms with Gasteiger partial charge in [-0.15, -0.1) is 11.3 Å². The van der Waals surface area contributed by atoms with Gasteiger partial charge in [-0.2, -0.15) is 0 Å². The Morgan fingerprint density at radius 1 is 1.41 bits per heavy atom. The average molecular weight is 428 g/mol. The van der Waals surface area contributed by atoms with E-state index < -0.39 is 0 Å². The number of nitrogens with zero attached hydrogens (tertiary/aromatic N) is 2. The molecule has 1 amide bonds. The lowest BCUT2D eigenvalue weighted by molar-refractivity contribution is -0.134. The molecule has 0 spiro atoms. The smallest absolute Gasteiger partial charge is 0.260 e. The van der Waals surface area contributed by atoms with Crippen molar-refractivity contribution in [1.29, 1.82) is 0 Å². The van der Waals surface area contributed by atoms with Crippen LogP contribution in [0.2, 0.25) is 0 Å². The van der Waals surface area contributed by atoms with Crippen molar-refractivity contribution in [3.05, 3.63) is 44.4 Å². The first-order valence-electron chi connectivity index (χ1n) is 7.28. The molecule has 1 aromatic heterocycles. The van der Waals surface area contributed by atoms with Crippen LogP contribution >= 0.6 is 33.9 Å². The maximum atomic E-state index is 12.3. The molecule has 22 heavy (non-hydrogen) atoms. The normalized spacial score (nSPS) is 18.2. The molecule has 0 bridgehead atoms. The summed E-state index contributed by atoms with van der Waals surface area (Å²) in [5, 5.41) is 3.13. The average Bonchev–Trinajstić information content (AvgIpc) is 3.09. The lowest BCUT2D eigenvalue weighted by atomic mass is 9.99. The predicted molar refractivity (Wildman–Crippen MR) is 95.3 cm³/mol. The van der Waals surface area contributed by atoms with Crippen LogP contribution in [0.15, 0.2) is 35.8 Å². The summed E-state index contributed by atoms with van der Waals surface area (Å²) < 4.78 is 6.75. The summed E-state index contributed by atoms with van der Waals surface area (Å²) >= 11 is 3.92. The van der Waals surface area contributed by atoms with E-state index in [-0.39, 0.29) is 12.5 Å². The minimum atomic E-state index is 0.0554. The lowest BCUT2D eigenvalue weighted by Gasteiger charge is -2.31. The first-order chi connectivity index (χ1) is 10.7. The van der Waals surface area contributed by atoms with E-state index >= 15 is 0 Å². The molecule has 0 N–H and O–H groups in total. The predicted octanol–water partition coefficient (Wildman–Crippen LogP) is 3.53. The molecule has 2 heterocycles. The highest BCUT2D eigenvalue weighted by molar-refractivity contribution is 14.1. The van der Waals surface area contributed by atoms with Gasteiger partial charge in [0.15, 0.2) is 6.61 Å². The first kappa shape index (κ1) is 15.7. The number of ether oxygens (including phenoxy) is 1. The Morgan fingerprint density at radius 2 is 2.23 bits per heavy atom. The lowest BCUT2D eigenvalue weighted by Crippen LogP contribution is -2.41. The van der Waals surface area contributed by atoms with E-state index in [1.54, 1.807) is 11.3 Å². The number of carbonyl (C=O) groups excluding carboxylic acids is 1. The van der Waals surface area contributed by atoms with Gasteiger partial charge in [-0.3, -0.25) is 4.79 Å². The standard InChI is InChI=1S/C16H17IN2O2S/c17-13-3-5-14(6-4-13)21-11-15(20)19-8-1-2-12(10-19)16-18-7-9-22-16/h3-7,9,12H,1-2,8,10-11H2. The Morgan fingerprint density at radius 3 is 2.95 bits per heavy atom. The molecule has 1 aromatic carbocycles. The van der Waals surface area contributed by atoms with Crippen molar-refractivity contribution in [2.75, 3.05) is 19.7 Å². The van der Waals surface area contributed by atoms with Crippen molar-refractivity contribution in [2.24, 2.45) is 0 Å². The van der Waals surface area contributed by atoms with Crippen LogP contribution in [0.3, 0.4) is 0 Å². The van der Waals surface area contributed by atoms with Gasteiger partial charge in [-0.1, -0.05) is 0 Å². The number of hydrogen-bond donors (Lipinski definition) is 0. The van der Waals surface area contributed by atoms with Crippen LogP contribution in [0.25, 0.3) is 0 Å². The maximum absolute atomic E-state index is 12.3. The third-order valence-electron chi connectivity index (χ3n) is 3.75. The molecule has 6 heteroatoms. The summed E-state index contributed by atoms with van der Waals surface area (Å²) in [6, 6.07) is 7.73. The molecular weight excluding hydrogens is 411 g/mol. The Hall–Kier alpha value is -1.15. The number of carbonyl (C=O) groups is 1. The molecule has 0 aliphatic carbocycles. The summed E-state index contributed by atoms with van der Waals surface area (Å²) in [6.45, 7) is 1.67. The zero-order valence-electron chi connectivity index (χ0n) is 12.1. The highest BCUT2D eigenvalue weighted by Crippen LogP contribution is 2.28. The molecule has 1 unspecified atom stereocenters. The second-order valence-corrected chi connectivity index (χ2v) is 7.46.